The highest BCUT2D eigenvalue weighted by atomic mass is 16.1. The number of piperidine rings is 1. The van der Waals surface area contributed by atoms with Crippen molar-refractivity contribution in [2.45, 2.75) is 38.1 Å². The molecule has 2 rings (SSSR count). The summed E-state index contributed by atoms with van der Waals surface area (Å²) < 4.78 is 0. The molecule has 1 amide bonds. The van der Waals surface area contributed by atoms with Crippen molar-refractivity contribution in [3.8, 4) is 6.07 Å². The van der Waals surface area contributed by atoms with Crippen molar-refractivity contribution in [2.24, 2.45) is 0 Å². The monoisotopic (exact) mass is 285 g/mol. The molecule has 1 N–H and O–H groups in total. The van der Waals surface area contributed by atoms with E-state index in [1.165, 1.54) is 5.56 Å². The minimum atomic E-state index is -0.670. The van der Waals surface area contributed by atoms with Crippen molar-refractivity contribution in [2.75, 3.05) is 20.1 Å². The normalized spacial score (nSPS) is 18.0. The van der Waals surface area contributed by atoms with Gasteiger partial charge in [-0.1, -0.05) is 29.8 Å². The summed E-state index contributed by atoms with van der Waals surface area (Å²) in [5, 5.41) is 12.4. The lowest BCUT2D eigenvalue weighted by molar-refractivity contribution is -0.122. The summed E-state index contributed by atoms with van der Waals surface area (Å²) in [4.78, 5) is 14.3. The number of carbonyl (C=O) groups excluding carboxylic acids is 1. The highest BCUT2D eigenvalue weighted by Crippen LogP contribution is 2.21. The molecule has 0 unspecified atom stereocenters. The largest absolute Gasteiger partial charge is 0.338 e. The maximum Gasteiger partial charge on any atom is 0.221 e. The lowest BCUT2D eigenvalue weighted by Crippen LogP contribution is -2.53. The van der Waals surface area contributed by atoms with Crippen molar-refractivity contribution in [3.63, 3.8) is 0 Å². The van der Waals surface area contributed by atoms with Gasteiger partial charge in [-0.05, 0) is 38.8 Å². The average Bonchev–Trinajstić information content (AvgIpc) is 2.49. The van der Waals surface area contributed by atoms with E-state index in [1.807, 2.05) is 14.0 Å². The molecule has 4 nitrogen and oxygen atoms in total. The number of nitrogens with one attached hydrogen (secondary N) is 1. The Hall–Kier alpha value is -1.86. The predicted octanol–water partition coefficient (Wildman–Crippen LogP) is 2.03. The second kappa shape index (κ2) is 6.73. The summed E-state index contributed by atoms with van der Waals surface area (Å²) in [5.74, 6) is -0.0262. The molecule has 112 valence electrons. The predicted molar refractivity (Wildman–Crippen MR) is 82.7 cm³/mol. The summed E-state index contributed by atoms with van der Waals surface area (Å²) in [6.07, 6.45) is 2.56. The zero-order valence-electron chi connectivity index (χ0n) is 12.9. The molecule has 1 aliphatic rings. The number of hydrogen-bond donors (Lipinski definition) is 1. The summed E-state index contributed by atoms with van der Waals surface area (Å²) in [5.41, 5.74) is 1.71. The molecule has 0 aliphatic carbocycles. The SMILES string of the molecule is Cc1ccc(CCC(=O)NC2(C#N)CCN(C)CC2)cc1. The zero-order valence-corrected chi connectivity index (χ0v) is 12.9. The van der Waals surface area contributed by atoms with Crippen molar-refractivity contribution >= 4 is 5.91 Å². The molecule has 0 bridgehead atoms. The van der Waals surface area contributed by atoms with Gasteiger partial charge >= 0.3 is 0 Å². The first-order chi connectivity index (χ1) is 10.0. The highest BCUT2D eigenvalue weighted by molar-refractivity contribution is 5.77. The van der Waals surface area contributed by atoms with Crippen LogP contribution in [0.4, 0.5) is 0 Å². The van der Waals surface area contributed by atoms with Gasteiger partial charge in [0.1, 0.15) is 5.54 Å². The van der Waals surface area contributed by atoms with Gasteiger partial charge in [0.15, 0.2) is 0 Å². The van der Waals surface area contributed by atoms with E-state index in [9.17, 15) is 10.1 Å². The molecule has 0 aromatic heterocycles. The Kier molecular flexibility index (Phi) is 4.98. The summed E-state index contributed by atoms with van der Waals surface area (Å²) in [7, 11) is 2.04. The quantitative estimate of drug-likeness (QED) is 0.921. The Morgan fingerprint density at radius 1 is 1.33 bits per heavy atom. The summed E-state index contributed by atoms with van der Waals surface area (Å²) in [6.45, 7) is 3.75. The maximum atomic E-state index is 12.1. The number of carbonyl (C=O) groups is 1. The van der Waals surface area contributed by atoms with Crippen molar-refractivity contribution in [3.05, 3.63) is 35.4 Å². The maximum absolute atomic E-state index is 12.1. The first-order valence-corrected chi connectivity index (χ1v) is 7.49. The zero-order chi connectivity index (χ0) is 15.3. The van der Waals surface area contributed by atoms with E-state index in [0.717, 1.165) is 18.7 Å². The third-order valence-corrected chi connectivity index (χ3v) is 4.19. The Morgan fingerprint density at radius 2 is 1.95 bits per heavy atom. The number of hydrogen-bond acceptors (Lipinski definition) is 3. The van der Waals surface area contributed by atoms with Crippen LogP contribution in [0.1, 0.15) is 30.4 Å². The minimum Gasteiger partial charge on any atom is -0.338 e. The summed E-state index contributed by atoms with van der Waals surface area (Å²) in [6, 6.07) is 10.5. The van der Waals surface area contributed by atoms with E-state index in [-0.39, 0.29) is 5.91 Å². The molecule has 0 radical (unpaired) electrons. The van der Waals surface area contributed by atoms with Gasteiger partial charge in [-0.3, -0.25) is 4.79 Å². The van der Waals surface area contributed by atoms with E-state index in [4.69, 9.17) is 0 Å². The smallest absolute Gasteiger partial charge is 0.221 e. The lowest BCUT2D eigenvalue weighted by atomic mass is 9.89. The Labute approximate surface area is 126 Å². The van der Waals surface area contributed by atoms with Crippen LogP contribution in [0.3, 0.4) is 0 Å². The van der Waals surface area contributed by atoms with Gasteiger partial charge in [0, 0.05) is 19.5 Å². The van der Waals surface area contributed by atoms with Crippen molar-refractivity contribution in [1.82, 2.24) is 10.2 Å². The van der Waals surface area contributed by atoms with Gasteiger partial charge in [-0.25, -0.2) is 0 Å². The van der Waals surface area contributed by atoms with Gasteiger partial charge in [-0.15, -0.1) is 0 Å². The molecular formula is C17H23N3O. The van der Waals surface area contributed by atoms with Crippen LogP contribution in [0.5, 0.6) is 0 Å². The van der Waals surface area contributed by atoms with Crippen molar-refractivity contribution in [1.29, 1.82) is 5.26 Å². The molecule has 1 aliphatic heterocycles. The molecule has 0 atom stereocenters. The first-order valence-electron chi connectivity index (χ1n) is 7.49. The van der Waals surface area contributed by atoms with Crippen molar-refractivity contribution < 1.29 is 4.79 Å². The van der Waals surface area contributed by atoms with Crippen LogP contribution in [0, 0.1) is 18.3 Å². The molecule has 0 spiro atoms. The number of nitrogens with zero attached hydrogens (tertiary/aromatic N) is 2. The Morgan fingerprint density at radius 3 is 2.52 bits per heavy atom. The number of aryl methyl sites for hydroxylation is 2. The Balaban J connectivity index is 1.86. The van der Waals surface area contributed by atoms with Gasteiger partial charge in [0.05, 0.1) is 6.07 Å². The van der Waals surface area contributed by atoms with Crippen LogP contribution in [0.2, 0.25) is 0 Å². The number of nitriles is 1. The average molecular weight is 285 g/mol. The van der Waals surface area contributed by atoms with E-state index < -0.39 is 5.54 Å². The number of amides is 1. The molecule has 21 heavy (non-hydrogen) atoms. The summed E-state index contributed by atoms with van der Waals surface area (Å²) >= 11 is 0. The molecule has 1 aromatic rings. The molecular weight excluding hydrogens is 262 g/mol. The second-order valence-corrected chi connectivity index (χ2v) is 6.03. The number of rotatable bonds is 4. The van der Waals surface area contributed by atoms with Crippen LogP contribution >= 0.6 is 0 Å². The van der Waals surface area contributed by atoms with Gasteiger partial charge < -0.3 is 10.2 Å². The van der Waals surface area contributed by atoms with E-state index >= 15 is 0 Å². The van der Waals surface area contributed by atoms with Crippen LogP contribution in [0.15, 0.2) is 24.3 Å². The van der Waals surface area contributed by atoms with E-state index in [2.05, 4.69) is 40.6 Å². The van der Waals surface area contributed by atoms with Gasteiger partial charge in [-0.2, -0.15) is 5.26 Å². The van der Waals surface area contributed by atoms with Crippen LogP contribution in [0.25, 0.3) is 0 Å². The standard InChI is InChI=1S/C17H23N3O/c1-14-3-5-15(6-4-14)7-8-16(21)19-17(13-18)9-11-20(2)12-10-17/h3-6H,7-12H2,1-2H3,(H,19,21). The molecule has 4 heteroatoms. The molecule has 1 saturated heterocycles. The Bertz CT molecular complexity index is 522. The molecule has 1 aromatic carbocycles. The third kappa shape index (κ3) is 4.30. The number of benzene rings is 1. The fraction of sp³-hybridized carbons (Fsp3) is 0.529. The van der Waals surface area contributed by atoms with E-state index in [0.29, 0.717) is 25.7 Å². The number of likely N-dealkylation sites (tertiary alicyclic amines) is 1. The fourth-order valence-electron chi connectivity index (χ4n) is 2.61. The fourth-order valence-corrected chi connectivity index (χ4v) is 2.61. The topological polar surface area (TPSA) is 56.1 Å². The molecule has 0 saturated carbocycles. The molecule has 1 fully saturated rings. The van der Waals surface area contributed by atoms with Crippen LogP contribution in [-0.4, -0.2) is 36.5 Å². The first kappa shape index (κ1) is 15.5. The van der Waals surface area contributed by atoms with Gasteiger partial charge in [0.25, 0.3) is 0 Å². The molecule has 1 heterocycles. The second-order valence-electron chi connectivity index (χ2n) is 6.03. The highest BCUT2D eigenvalue weighted by Gasteiger charge is 2.34. The van der Waals surface area contributed by atoms with Crippen LogP contribution in [-0.2, 0) is 11.2 Å². The van der Waals surface area contributed by atoms with Gasteiger partial charge in [0.2, 0.25) is 5.91 Å². The van der Waals surface area contributed by atoms with Crippen LogP contribution < -0.4 is 5.32 Å². The third-order valence-electron chi connectivity index (χ3n) is 4.19. The van der Waals surface area contributed by atoms with E-state index in [1.54, 1.807) is 0 Å². The minimum absolute atomic E-state index is 0.0262. The lowest BCUT2D eigenvalue weighted by Gasteiger charge is -2.36.